The lowest BCUT2D eigenvalue weighted by atomic mass is 9.97. The van der Waals surface area contributed by atoms with Gasteiger partial charge in [0.05, 0.1) is 25.7 Å². The van der Waals surface area contributed by atoms with Gasteiger partial charge in [0.25, 0.3) is 0 Å². The largest absolute Gasteiger partial charge is 0.467 e. The Bertz CT molecular complexity index is 1040. The fourth-order valence-corrected chi connectivity index (χ4v) is 4.36. The molecule has 0 spiro atoms. The number of hydrogen-bond donors (Lipinski definition) is 0. The van der Waals surface area contributed by atoms with Crippen molar-refractivity contribution in [3.05, 3.63) is 69.6 Å². The third-order valence-corrected chi connectivity index (χ3v) is 5.78. The Morgan fingerprint density at radius 1 is 1.25 bits per heavy atom. The van der Waals surface area contributed by atoms with Crippen LogP contribution in [0.4, 0.5) is 0 Å². The van der Waals surface area contributed by atoms with E-state index in [2.05, 4.69) is 9.72 Å². The van der Waals surface area contributed by atoms with Crippen LogP contribution in [0.2, 0.25) is 0 Å². The molecule has 3 heterocycles. The molecule has 3 aromatic heterocycles. The Hall–Kier alpha value is -2.74. The monoisotopic (exact) mass is 400 g/mol. The third kappa shape index (κ3) is 3.77. The molecule has 0 aliphatic heterocycles. The quantitative estimate of drug-likeness (QED) is 0.356. The number of hydrogen-bond acceptors (Lipinski definition) is 7. The van der Waals surface area contributed by atoms with Crippen LogP contribution in [0.1, 0.15) is 46.2 Å². The molecule has 0 saturated carbocycles. The molecular formula is C20H20N2O5S. The van der Waals surface area contributed by atoms with Gasteiger partial charge in [-0.15, -0.1) is 0 Å². The Morgan fingerprint density at radius 2 is 2.11 bits per heavy atom. The highest BCUT2D eigenvalue weighted by molar-refractivity contribution is 7.98. The molecule has 0 saturated heterocycles. The molecule has 0 radical (unpaired) electrons. The molecule has 3 aromatic rings. The molecular weight excluding hydrogens is 380 g/mol. The summed E-state index contributed by atoms with van der Waals surface area (Å²) in [7, 11) is 1.31. The number of rotatable bonds is 6. The van der Waals surface area contributed by atoms with E-state index in [4.69, 9.17) is 8.83 Å². The summed E-state index contributed by atoms with van der Waals surface area (Å²) in [6, 6.07) is 7.01. The summed E-state index contributed by atoms with van der Waals surface area (Å²) in [5, 5.41) is 0.742. The van der Waals surface area contributed by atoms with E-state index < -0.39 is 5.97 Å². The molecule has 1 aliphatic rings. The SMILES string of the molecule is COC(=O)c1ccc(CSc2nc(=O)n(Cc3ccco3)c3c2CCCC3)o1. The number of aromatic nitrogens is 2. The second kappa shape index (κ2) is 8.10. The van der Waals surface area contributed by atoms with E-state index in [0.29, 0.717) is 18.1 Å². The standard InChI is InChI=1S/C20H20N2O5S/c1-25-19(23)17-9-8-14(27-17)12-28-18-15-6-2-3-7-16(15)22(20(24)21-18)11-13-5-4-10-26-13/h4-5,8-10H,2-3,6-7,11-12H2,1H3. The number of carbonyl (C=O) groups is 1. The van der Waals surface area contributed by atoms with Gasteiger partial charge in [-0.3, -0.25) is 4.57 Å². The van der Waals surface area contributed by atoms with Crippen molar-refractivity contribution in [1.29, 1.82) is 0 Å². The van der Waals surface area contributed by atoms with E-state index in [9.17, 15) is 9.59 Å². The smallest absolute Gasteiger partial charge is 0.373 e. The number of furan rings is 2. The van der Waals surface area contributed by atoms with Crippen LogP contribution >= 0.6 is 11.8 Å². The van der Waals surface area contributed by atoms with E-state index in [1.165, 1.54) is 18.9 Å². The summed E-state index contributed by atoms with van der Waals surface area (Å²) >= 11 is 1.46. The minimum Gasteiger partial charge on any atom is -0.467 e. The van der Waals surface area contributed by atoms with Crippen molar-refractivity contribution in [3.63, 3.8) is 0 Å². The van der Waals surface area contributed by atoms with Crippen molar-refractivity contribution in [2.75, 3.05) is 7.11 Å². The van der Waals surface area contributed by atoms with Gasteiger partial charge in [-0.05, 0) is 49.9 Å². The molecule has 146 valence electrons. The van der Waals surface area contributed by atoms with Crippen molar-refractivity contribution in [2.24, 2.45) is 0 Å². The molecule has 0 atom stereocenters. The first-order valence-corrected chi connectivity index (χ1v) is 10.1. The number of ether oxygens (including phenoxy) is 1. The Morgan fingerprint density at radius 3 is 2.89 bits per heavy atom. The number of fused-ring (bicyclic) bond motifs is 1. The lowest BCUT2D eigenvalue weighted by Gasteiger charge is -2.22. The van der Waals surface area contributed by atoms with E-state index in [0.717, 1.165) is 47.7 Å². The van der Waals surface area contributed by atoms with Crippen LogP contribution in [0.3, 0.4) is 0 Å². The normalized spacial score (nSPS) is 13.3. The molecule has 0 N–H and O–H groups in total. The lowest BCUT2D eigenvalue weighted by molar-refractivity contribution is 0.0563. The van der Waals surface area contributed by atoms with Crippen LogP contribution in [0, 0.1) is 0 Å². The minimum atomic E-state index is -0.507. The molecule has 4 rings (SSSR count). The fraction of sp³-hybridized carbons (Fsp3) is 0.350. The summed E-state index contributed by atoms with van der Waals surface area (Å²) in [6.07, 6.45) is 5.49. The van der Waals surface area contributed by atoms with Crippen molar-refractivity contribution in [1.82, 2.24) is 9.55 Å². The average molecular weight is 400 g/mol. The first-order valence-electron chi connectivity index (χ1n) is 9.10. The van der Waals surface area contributed by atoms with Crippen molar-refractivity contribution in [3.8, 4) is 0 Å². The second-order valence-corrected chi connectivity index (χ2v) is 7.51. The highest BCUT2D eigenvalue weighted by atomic mass is 32.2. The van der Waals surface area contributed by atoms with E-state index >= 15 is 0 Å². The van der Waals surface area contributed by atoms with Crippen LogP contribution < -0.4 is 5.69 Å². The fourth-order valence-electron chi connectivity index (χ4n) is 3.39. The number of esters is 1. The summed E-state index contributed by atoms with van der Waals surface area (Å²) in [4.78, 5) is 28.5. The molecule has 0 amide bonds. The van der Waals surface area contributed by atoms with Gasteiger partial charge in [0.2, 0.25) is 5.76 Å². The maximum atomic E-state index is 12.7. The molecule has 7 nitrogen and oxygen atoms in total. The number of methoxy groups -OCH3 is 1. The Kier molecular flexibility index (Phi) is 5.38. The van der Waals surface area contributed by atoms with Gasteiger partial charge >= 0.3 is 11.7 Å². The first kappa shape index (κ1) is 18.6. The molecule has 28 heavy (non-hydrogen) atoms. The maximum Gasteiger partial charge on any atom is 0.373 e. The number of nitrogens with zero attached hydrogens (tertiary/aromatic N) is 2. The molecule has 8 heteroatoms. The van der Waals surface area contributed by atoms with Gasteiger partial charge < -0.3 is 13.6 Å². The zero-order valence-corrected chi connectivity index (χ0v) is 16.3. The first-order chi connectivity index (χ1) is 13.7. The highest BCUT2D eigenvalue weighted by Gasteiger charge is 2.21. The number of carbonyl (C=O) groups excluding carboxylic acids is 1. The van der Waals surface area contributed by atoms with Crippen molar-refractivity contribution >= 4 is 17.7 Å². The van der Waals surface area contributed by atoms with Gasteiger partial charge in [0, 0.05) is 11.3 Å². The maximum absolute atomic E-state index is 12.7. The Balaban J connectivity index is 1.59. The average Bonchev–Trinajstić information content (AvgIpc) is 3.40. The summed E-state index contributed by atoms with van der Waals surface area (Å²) in [5.74, 6) is 1.52. The third-order valence-electron chi connectivity index (χ3n) is 4.74. The predicted molar refractivity (Wildman–Crippen MR) is 103 cm³/mol. The molecule has 1 aliphatic carbocycles. The second-order valence-electron chi connectivity index (χ2n) is 6.54. The summed E-state index contributed by atoms with van der Waals surface area (Å²) in [6.45, 7) is 0.396. The van der Waals surface area contributed by atoms with Crippen molar-refractivity contribution < 1.29 is 18.4 Å². The van der Waals surface area contributed by atoms with Crippen LogP contribution in [0.5, 0.6) is 0 Å². The Labute approximate surface area is 165 Å². The van der Waals surface area contributed by atoms with Gasteiger partial charge in [0.15, 0.2) is 0 Å². The molecule has 0 bridgehead atoms. The van der Waals surface area contributed by atoms with E-state index in [1.807, 2.05) is 12.1 Å². The zero-order valence-electron chi connectivity index (χ0n) is 15.5. The molecule has 0 fully saturated rings. The summed E-state index contributed by atoms with van der Waals surface area (Å²) in [5.41, 5.74) is 1.90. The molecule has 0 aromatic carbocycles. The molecule has 0 unspecified atom stereocenters. The predicted octanol–water partition coefficient (Wildman–Crippen LogP) is 3.44. The van der Waals surface area contributed by atoms with Gasteiger partial charge in [-0.25, -0.2) is 9.59 Å². The number of thioether (sulfide) groups is 1. The van der Waals surface area contributed by atoms with Crippen LogP contribution in [0.25, 0.3) is 0 Å². The van der Waals surface area contributed by atoms with E-state index in [-0.39, 0.29) is 11.4 Å². The van der Waals surface area contributed by atoms with Gasteiger partial charge in [-0.2, -0.15) is 4.98 Å². The topological polar surface area (TPSA) is 87.5 Å². The highest BCUT2D eigenvalue weighted by Crippen LogP contribution is 2.31. The van der Waals surface area contributed by atoms with Crippen LogP contribution in [-0.4, -0.2) is 22.6 Å². The van der Waals surface area contributed by atoms with Crippen LogP contribution in [-0.2, 0) is 29.9 Å². The minimum absolute atomic E-state index is 0.168. The van der Waals surface area contributed by atoms with Crippen LogP contribution in [0.15, 0.2) is 49.2 Å². The lowest BCUT2D eigenvalue weighted by Crippen LogP contribution is -2.30. The van der Waals surface area contributed by atoms with E-state index in [1.54, 1.807) is 23.0 Å². The van der Waals surface area contributed by atoms with Gasteiger partial charge in [-0.1, -0.05) is 11.8 Å². The van der Waals surface area contributed by atoms with Crippen molar-refractivity contribution in [2.45, 2.75) is 43.0 Å². The summed E-state index contributed by atoms with van der Waals surface area (Å²) < 4.78 is 17.3. The zero-order chi connectivity index (χ0) is 19.5. The van der Waals surface area contributed by atoms with Gasteiger partial charge in [0.1, 0.15) is 16.5 Å².